The van der Waals surface area contributed by atoms with Crippen LogP contribution >= 0.6 is 0 Å². The first-order valence-corrected chi connectivity index (χ1v) is 7.19. The minimum atomic E-state index is -0.179. The summed E-state index contributed by atoms with van der Waals surface area (Å²) in [6.45, 7) is 4.99. The molecule has 1 aromatic carbocycles. The zero-order chi connectivity index (χ0) is 14.1. The molecular weight excluding hydrogens is 238 g/mol. The summed E-state index contributed by atoms with van der Waals surface area (Å²) in [5, 5.41) is 3.43. The molecule has 0 radical (unpaired) electrons. The van der Waals surface area contributed by atoms with Crippen LogP contribution in [0.15, 0.2) is 30.3 Å². The Morgan fingerprint density at radius 2 is 1.95 bits per heavy atom. The van der Waals surface area contributed by atoms with Crippen LogP contribution in [-0.4, -0.2) is 25.7 Å². The maximum absolute atomic E-state index is 11.9. The highest BCUT2D eigenvalue weighted by molar-refractivity contribution is 5.79. The summed E-state index contributed by atoms with van der Waals surface area (Å²) in [5.41, 5.74) is 1.04. The number of hydrogen-bond acceptors (Lipinski definition) is 3. The van der Waals surface area contributed by atoms with Crippen LogP contribution in [0.3, 0.4) is 0 Å². The number of carbonyl (C=O) groups excluding carboxylic acids is 1. The van der Waals surface area contributed by atoms with E-state index >= 15 is 0 Å². The van der Waals surface area contributed by atoms with Crippen molar-refractivity contribution >= 4 is 5.97 Å². The Morgan fingerprint density at radius 1 is 1.26 bits per heavy atom. The summed E-state index contributed by atoms with van der Waals surface area (Å²) in [4.78, 5) is 11.9. The van der Waals surface area contributed by atoms with Crippen LogP contribution in [0, 0.1) is 0 Å². The lowest BCUT2D eigenvalue weighted by Gasteiger charge is -2.29. The van der Waals surface area contributed by atoms with Gasteiger partial charge in [0.1, 0.15) is 0 Å². The number of esters is 1. The lowest BCUT2D eigenvalue weighted by molar-refractivity contribution is -0.143. The molecule has 1 N–H and O–H groups in total. The third kappa shape index (κ3) is 4.35. The van der Waals surface area contributed by atoms with Gasteiger partial charge in [0.05, 0.1) is 13.0 Å². The Hall–Kier alpha value is -1.35. The van der Waals surface area contributed by atoms with Crippen LogP contribution in [0.4, 0.5) is 0 Å². The summed E-state index contributed by atoms with van der Waals surface area (Å²) >= 11 is 0. The highest BCUT2D eigenvalue weighted by atomic mass is 16.5. The van der Waals surface area contributed by atoms with E-state index in [0.29, 0.717) is 0 Å². The maximum Gasteiger partial charge on any atom is 0.314 e. The number of carbonyl (C=O) groups is 1. The Bertz CT molecular complexity index is 358. The third-order valence-electron chi connectivity index (χ3n) is 3.36. The molecule has 0 aromatic heterocycles. The molecule has 2 atom stereocenters. The fraction of sp³-hybridized carbons (Fsp3) is 0.562. The van der Waals surface area contributed by atoms with Crippen molar-refractivity contribution < 1.29 is 9.53 Å². The van der Waals surface area contributed by atoms with Gasteiger partial charge in [-0.05, 0) is 24.9 Å². The van der Waals surface area contributed by atoms with Gasteiger partial charge in [-0.3, -0.25) is 4.79 Å². The molecule has 0 unspecified atom stereocenters. The predicted molar refractivity (Wildman–Crippen MR) is 78.2 cm³/mol. The maximum atomic E-state index is 11.9. The summed E-state index contributed by atoms with van der Waals surface area (Å²) in [7, 11) is 1.46. The van der Waals surface area contributed by atoms with Crippen molar-refractivity contribution in [1.29, 1.82) is 0 Å². The molecule has 1 fully saturated rings. The molecule has 1 heterocycles. The van der Waals surface area contributed by atoms with E-state index in [4.69, 9.17) is 4.74 Å². The molecule has 0 bridgehead atoms. The number of piperidine rings is 1. The fourth-order valence-corrected chi connectivity index (χ4v) is 2.48. The summed E-state index contributed by atoms with van der Waals surface area (Å²) < 4.78 is 4.94. The normalized spacial score (nSPS) is 19.8. The Kier molecular flexibility index (Phi) is 7.19. The van der Waals surface area contributed by atoms with Gasteiger partial charge >= 0.3 is 5.97 Å². The van der Waals surface area contributed by atoms with Gasteiger partial charge in [0, 0.05) is 6.04 Å². The molecule has 106 valence electrons. The first kappa shape index (κ1) is 15.7. The average Bonchev–Trinajstić information content (AvgIpc) is 2.51. The van der Waals surface area contributed by atoms with Crippen molar-refractivity contribution in [3.05, 3.63) is 35.9 Å². The zero-order valence-corrected chi connectivity index (χ0v) is 12.2. The van der Waals surface area contributed by atoms with E-state index in [1.165, 1.54) is 20.0 Å². The molecule has 0 spiro atoms. The molecule has 0 saturated carbocycles. The molecule has 1 saturated heterocycles. The smallest absolute Gasteiger partial charge is 0.314 e. The summed E-state index contributed by atoms with van der Waals surface area (Å²) in [6, 6.07) is 10.1. The van der Waals surface area contributed by atoms with Gasteiger partial charge in [-0.2, -0.15) is 0 Å². The van der Waals surface area contributed by atoms with Gasteiger partial charge in [-0.1, -0.05) is 50.6 Å². The number of benzene rings is 1. The summed E-state index contributed by atoms with van der Waals surface area (Å²) in [6.07, 6.45) is 3.41. The predicted octanol–water partition coefficient (Wildman–Crippen LogP) is 3.11. The largest absolute Gasteiger partial charge is 0.469 e. The number of ether oxygens (including phenoxy) is 1. The van der Waals surface area contributed by atoms with E-state index < -0.39 is 0 Å². The standard InChI is InChI=1S/C14H19NO2.C2H6/c1-17-14(16)13(11-7-3-2-4-8-11)12-9-5-6-10-15-12;1-2/h2-4,7-8,12-13,15H,5-6,9-10H2,1H3;1-2H3/t12-,13-;/m1./s1. The van der Waals surface area contributed by atoms with Crippen LogP contribution in [0.1, 0.15) is 44.6 Å². The Balaban J connectivity index is 0.000000861. The first-order chi connectivity index (χ1) is 9.33. The van der Waals surface area contributed by atoms with E-state index in [2.05, 4.69) is 5.32 Å². The van der Waals surface area contributed by atoms with E-state index in [0.717, 1.165) is 18.5 Å². The molecule has 3 heteroatoms. The van der Waals surface area contributed by atoms with Gasteiger partial charge in [0.15, 0.2) is 0 Å². The van der Waals surface area contributed by atoms with Gasteiger partial charge in [-0.15, -0.1) is 0 Å². The minimum absolute atomic E-state index is 0.143. The minimum Gasteiger partial charge on any atom is -0.469 e. The van der Waals surface area contributed by atoms with Crippen molar-refractivity contribution in [2.24, 2.45) is 0 Å². The van der Waals surface area contributed by atoms with Crippen LogP contribution in [0.2, 0.25) is 0 Å². The quantitative estimate of drug-likeness (QED) is 0.852. The van der Waals surface area contributed by atoms with Crippen molar-refractivity contribution in [3.63, 3.8) is 0 Å². The second-order valence-electron chi connectivity index (χ2n) is 4.47. The molecule has 0 amide bonds. The van der Waals surface area contributed by atoms with Gasteiger partial charge in [0.25, 0.3) is 0 Å². The van der Waals surface area contributed by atoms with Crippen molar-refractivity contribution in [2.45, 2.75) is 45.1 Å². The second kappa shape index (κ2) is 8.70. The number of hydrogen-bond donors (Lipinski definition) is 1. The van der Waals surface area contributed by atoms with E-state index in [9.17, 15) is 4.79 Å². The molecule has 1 aromatic rings. The van der Waals surface area contributed by atoms with E-state index in [1.54, 1.807) is 0 Å². The van der Waals surface area contributed by atoms with Crippen molar-refractivity contribution in [1.82, 2.24) is 5.32 Å². The van der Waals surface area contributed by atoms with Crippen molar-refractivity contribution in [2.75, 3.05) is 13.7 Å². The molecule has 0 aliphatic carbocycles. The summed E-state index contributed by atoms with van der Waals surface area (Å²) in [5.74, 6) is -0.322. The Morgan fingerprint density at radius 3 is 2.47 bits per heavy atom. The molecule has 2 rings (SSSR count). The lowest BCUT2D eigenvalue weighted by Crippen LogP contribution is -2.42. The number of nitrogens with one attached hydrogen (secondary N) is 1. The van der Waals surface area contributed by atoms with Crippen LogP contribution in [-0.2, 0) is 9.53 Å². The van der Waals surface area contributed by atoms with Gasteiger partial charge in [-0.25, -0.2) is 0 Å². The molecule has 3 nitrogen and oxygen atoms in total. The van der Waals surface area contributed by atoms with Gasteiger partial charge < -0.3 is 10.1 Å². The molecule has 1 aliphatic heterocycles. The Labute approximate surface area is 116 Å². The highest BCUT2D eigenvalue weighted by Crippen LogP contribution is 2.26. The average molecular weight is 263 g/mol. The molecular formula is C16H25NO2. The van der Waals surface area contributed by atoms with Crippen LogP contribution in [0.5, 0.6) is 0 Å². The second-order valence-corrected chi connectivity index (χ2v) is 4.47. The zero-order valence-electron chi connectivity index (χ0n) is 12.2. The van der Waals surface area contributed by atoms with Crippen LogP contribution < -0.4 is 5.32 Å². The van der Waals surface area contributed by atoms with Gasteiger partial charge in [0.2, 0.25) is 0 Å². The number of methoxy groups -OCH3 is 1. The highest BCUT2D eigenvalue weighted by Gasteiger charge is 2.31. The SMILES string of the molecule is CC.COC(=O)[C@H](c1ccccc1)[C@H]1CCCCN1. The fourth-order valence-electron chi connectivity index (χ4n) is 2.48. The molecule has 19 heavy (non-hydrogen) atoms. The molecule has 1 aliphatic rings. The topological polar surface area (TPSA) is 38.3 Å². The van der Waals surface area contributed by atoms with Crippen molar-refractivity contribution in [3.8, 4) is 0 Å². The first-order valence-electron chi connectivity index (χ1n) is 7.19. The number of rotatable bonds is 3. The van der Waals surface area contributed by atoms with E-state index in [-0.39, 0.29) is 17.9 Å². The van der Waals surface area contributed by atoms with E-state index in [1.807, 2.05) is 44.2 Å². The van der Waals surface area contributed by atoms with Crippen LogP contribution in [0.25, 0.3) is 0 Å². The third-order valence-corrected chi connectivity index (χ3v) is 3.36. The lowest BCUT2D eigenvalue weighted by atomic mass is 9.86. The monoisotopic (exact) mass is 263 g/mol.